The highest BCUT2D eigenvalue weighted by molar-refractivity contribution is 5.99. The zero-order valence-corrected chi connectivity index (χ0v) is 23.4. The zero-order chi connectivity index (χ0) is 31.6. The van der Waals surface area contributed by atoms with Crippen LogP contribution in [0.2, 0.25) is 0 Å². The van der Waals surface area contributed by atoms with E-state index in [0.29, 0.717) is 5.75 Å². The Morgan fingerprint density at radius 2 is 1.41 bits per heavy atom. The van der Waals surface area contributed by atoms with Gasteiger partial charge in [0.1, 0.15) is 11.5 Å². The van der Waals surface area contributed by atoms with Crippen molar-refractivity contribution in [2.75, 3.05) is 17.2 Å². The number of ether oxygens (including phenoxy) is 1. The SMILES string of the molecule is CCC(C)(C)c1ccc(OCC(=O)Nc2ccc(NC(=O)C(F)(F)C(F)(F)C(F)(F)F)c(O)c2)c(C(C)(C)CC)c1. The Labute approximate surface area is 233 Å². The molecule has 3 N–H and O–H groups in total. The first-order valence-corrected chi connectivity index (χ1v) is 12.6. The Kier molecular flexibility index (Phi) is 9.67. The number of halogens is 7. The standard InChI is InChI=1S/C28H33F7N2O4/c1-7-24(3,4)16-9-12-21(18(13-16)25(5,6)8-2)41-15-22(39)36-17-10-11-19(20(38)14-17)37-23(40)26(29,30)27(31,32)28(33,34)35/h9-14,38H,7-8,15H2,1-6H3,(H,36,39)(H,37,40). The van der Waals surface area contributed by atoms with Gasteiger partial charge in [0.15, 0.2) is 6.61 Å². The molecule has 2 amide bonds. The number of nitrogens with one attached hydrogen (secondary N) is 2. The Morgan fingerprint density at radius 1 is 0.829 bits per heavy atom. The van der Waals surface area contributed by atoms with Gasteiger partial charge < -0.3 is 20.5 Å². The molecular weight excluding hydrogens is 561 g/mol. The van der Waals surface area contributed by atoms with Crippen molar-refractivity contribution in [2.45, 2.75) is 83.2 Å². The van der Waals surface area contributed by atoms with Crippen LogP contribution in [-0.2, 0) is 20.4 Å². The fourth-order valence-corrected chi connectivity index (χ4v) is 3.58. The summed E-state index contributed by atoms with van der Waals surface area (Å²) in [5, 5.41) is 13.5. The number of amides is 2. The van der Waals surface area contributed by atoms with Crippen LogP contribution in [0.5, 0.6) is 11.5 Å². The Bertz CT molecular complexity index is 1270. The summed E-state index contributed by atoms with van der Waals surface area (Å²) in [6.45, 7) is 12.0. The third-order valence-corrected chi connectivity index (χ3v) is 7.18. The minimum absolute atomic E-state index is 0.0861. The number of hydrogen-bond acceptors (Lipinski definition) is 4. The average Bonchev–Trinajstić information content (AvgIpc) is 2.87. The first kappa shape index (κ1) is 33.7. The second kappa shape index (κ2) is 11.8. The van der Waals surface area contributed by atoms with Crippen molar-refractivity contribution in [3.05, 3.63) is 47.5 Å². The molecule has 2 rings (SSSR count). The zero-order valence-electron chi connectivity index (χ0n) is 23.4. The molecule has 2 aromatic rings. The topological polar surface area (TPSA) is 87.7 Å². The molecule has 0 aliphatic carbocycles. The van der Waals surface area contributed by atoms with Gasteiger partial charge in [-0.15, -0.1) is 0 Å². The lowest BCUT2D eigenvalue weighted by molar-refractivity contribution is -0.343. The van der Waals surface area contributed by atoms with Crippen LogP contribution < -0.4 is 15.4 Å². The molecule has 0 aliphatic rings. The molecule has 0 heterocycles. The Morgan fingerprint density at radius 3 is 1.93 bits per heavy atom. The number of hydrogen-bond donors (Lipinski definition) is 3. The van der Waals surface area contributed by atoms with E-state index in [0.717, 1.165) is 47.5 Å². The number of carbonyl (C=O) groups is 2. The molecule has 228 valence electrons. The number of carbonyl (C=O) groups excluding carboxylic acids is 2. The van der Waals surface area contributed by atoms with E-state index in [1.807, 2.05) is 26.8 Å². The highest BCUT2D eigenvalue weighted by Gasteiger charge is 2.76. The molecule has 0 spiro atoms. The van der Waals surface area contributed by atoms with Crippen LogP contribution in [0.4, 0.5) is 42.1 Å². The summed E-state index contributed by atoms with van der Waals surface area (Å²) in [4.78, 5) is 24.1. The maximum Gasteiger partial charge on any atom is 0.460 e. The smallest absolute Gasteiger partial charge is 0.460 e. The summed E-state index contributed by atoms with van der Waals surface area (Å²) in [6.07, 6.45) is -5.01. The quantitative estimate of drug-likeness (QED) is 0.185. The summed E-state index contributed by atoms with van der Waals surface area (Å²) < 4.78 is 96.1. The molecule has 13 heteroatoms. The average molecular weight is 595 g/mol. The lowest BCUT2D eigenvalue weighted by Gasteiger charge is -2.30. The summed E-state index contributed by atoms with van der Waals surface area (Å²) in [5.41, 5.74) is 0.655. The normalized spacial score (nSPS) is 13.1. The predicted octanol–water partition coefficient (Wildman–Crippen LogP) is 7.56. The van der Waals surface area contributed by atoms with Crippen molar-refractivity contribution in [1.29, 1.82) is 0 Å². The van der Waals surface area contributed by atoms with Crippen LogP contribution >= 0.6 is 0 Å². The summed E-state index contributed by atoms with van der Waals surface area (Å²) in [6, 6.07) is 8.28. The van der Waals surface area contributed by atoms with E-state index in [-0.39, 0.29) is 16.5 Å². The van der Waals surface area contributed by atoms with Crippen molar-refractivity contribution in [1.82, 2.24) is 0 Å². The lowest BCUT2D eigenvalue weighted by Crippen LogP contribution is -2.57. The van der Waals surface area contributed by atoms with E-state index in [1.54, 1.807) is 6.07 Å². The van der Waals surface area contributed by atoms with Crippen LogP contribution in [0.15, 0.2) is 36.4 Å². The van der Waals surface area contributed by atoms with Crippen LogP contribution in [0.25, 0.3) is 0 Å². The number of phenolic OH excluding ortho intramolecular Hbond substituents is 1. The van der Waals surface area contributed by atoms with Gasteiger partial charge in [-0.25, -0.2) is 0 Å². The van der Waals surface area contributed by atoms with Crippen LogP contribution in [0.1, 0.15) is 65.5 Å². The van der Waals surface area contributed by atoms with Gasteiger partial charge >= 0.3 is 23.9 Å². The molecule has 0 unspecified atom stereocenters. The second-order valence-corrected chi connectivity index (χ2v) is 10.9. The number of anilines is 2. The van der Waals surface area contributed by atoms with E-state index in [1.165, 1.54) is 0 Å². The molecular formula is C28H33F7N2O4. The second-order valence-electron chi connectivity index (χ2n) is 10.9. The fraction of sp³-hybridized carbons (Fsp3) is 0.500. The van der Waals surface area contributed by atoms with E-state index >= 15 is 0 Å². The van der Waals surface area contributed by atoms with Gasteiger partial charge in [-0.05, 0) is 47.4 Å². The number of rotatable bonds is 11. The monoisotopic (exact) mass is 594 g/mol. The Hall–Kier alpha value is -3.51. The van der Waals surface area contributed by atoms with Crippen molar-refractivity contribution >= 4 is 23.2 Å². The van der Waals surface area contributed by atoms with Crippen molar-refractivity contribution in [3.8, 4) is 11.5 Å². The number of phenols is 1. The number of aromatic hydroxyl groups is 1. The van der Waals surface area contributed by atoms with Gasteiger partial charge in [0.2, 0.25) is 0 Å². The molecule has 0 fully saturated rings. The molecule has 0 aliphatic heterocycles. The third kappa shape index (κ3) is 7.23. The van der Waals surface area contributed by atoms with Crippen molar-refractivity contribution < 1.29 is 50.2 Å². The third-order valence-electron chi connectivity index (χ3n) is 7.18. The molecule has 0 atom stereocenters. The van der Waals surface area contributed by atoms with Crippen LogP contribution in [0, 0.1) is 0 Å². The Balaban J connectivity index is 2.16. The highest BCUT2D eigenvalue weighted by atomic mass is 19.4. The number of alkyl halides is 7. The molecule has 2 aromatic carbocycles. The largest absolute Gasteiger partial charge is 0.506 e. The number of benzene rings is 2. The maximum atomic E-state index is 13.6. The van der Waals surface area contributed by atoms with Gasteiger partial charge in [0.25, 0.3) is 5.91 Å². The first-order chi connectivity index (χ1) is 18.6. The molecule has 0 bridgehead atoms. The van der Waals surface area contributed by atoms with E-state index < -0.39 is 47.9 Å². The van der Waals surface area contributed by atoms with Gasteiger partial charge in [-0.3, -0.25) is 9.59 Å². The molecule has 0 aromatic heterocycles. The summed E-state index contributed by atoms with van der Waals surface area (Å²) in [5.74, 6) is -17.0. The summed E-state index contributed by atoms with van der Waals surface area (Å²) in [7, 11) is 0. The van der Waals surface area contributed by atoms with Gasteiger partial charge in [-0.2, -0.15) is 30.7 Å². The van der Waals surface area contributed by atoms with Crippen molar-refractivity contribution in [3.63, 3.8) is 0 Å². The van der Waals surface area contributed by atoms with Gasteiger partial charge in [0.05, 0.1) is 5.69 Å². The summed E-state index contributed by atoms with van der Waals surface area (Å²) >= 11 is 0. The van der Waals surface area contributed by atoms with E-state index in [2.05, 4.69) is 32.2 Å². The van der Waals surface area contributed by atoms with E-state index in [9.17, 15) is 45.4 Å². The van der Waals surface area contributed by atoms with Gasteiger partial charge in [0, 0.05) is 17.3 Å². The molecule has 6 nitrogen and oxygen atoms in total. The van der Waals surface area contributed by atoms with Gasteiger partial charge in [-0.1, -0.05) is 53.7 Å². The minimum Gasteiger partial charge on any atom is -0.506 e. The predicted molar refractivity (Wildman–Crippen MR) is 140 cm³/mol. The lowest BCUT2D eigenvalue weighted by atomic mass is 9.76. The molecule has 0 saturated heterocycles. The van der Waals surface area contributed by atoms with Crippen molar-refractivity contribution in [2.24, 2.45) is 0 Å². The molecule has 41 heavy (non-hydrogen) atoms. The molecule has 0 saturated carbocycles. The van der Waals surface area contributed by atoms with Crippen LogP contribution in [-0.4, -0.2) is 41.5 Å². The first-order valence-electron chi connectivity index (χ1n) is 12.6. The minimum atomic E-state index is -6.70. The molecule has 0 radical (unpaired) electrons. The maximum absolute atomic E-state index is 13.6. The van der Waals surface area contributed by atoms with E-state index in [4.69, 9.17) is 4.74 Å². The fourth-order valence-electron chi connectivity index (χ4n) is 3.58. The van der Waals surface area contributed by atoms with Crippen LogP contribution in [0.3, 0.4) is 0 Å². The highest BCUT2D eigenvalue weighted by Crippen LogP contribution is 2.47.